The minimum atomic E-state index is -1.53. The molecule has 0 N–H and O–H groups in total. The van der Waals surface area contributed by atoms with Crippen molar-refractivity contribution >= 4 is 8.32 Å². The first-order valence-electron chi connectivity index (χ1n) is 5.44. The van der Waals surface area contributed by atoms with Gasteiger partial charge in [-0.1, -0.05) is 20.8 Å². The summed E-state index contributed by atoms with van der Waals surface area (Å²) in [5.41, 5.74) is 0.141. The fourth-order valence-electron chi connectivity index (χ4n) is 1.01. The van der Waals surface area contributed by atoms with Crippen molar-refractivity contribution in [3.63, 3.8) is 0 Å². The quantitative estimate of drug-likeness (QED) is 0.532. The Morgan fingerprint density at radius 1 is 1.36 bits per heavy atom. The molecule has 3 heteroatoms. The fourth-order valence-corrected chi connectivity index (χ4v) is 2.05. The molecule has 1 fully saturated rings. The SMILES string of the molecule is CC(C)(C)[Si](C)(C)OCC[C@@]1(C)CO1. The van der Waals surface area contributed by atoms with Gasteiger partial charge in [0.25, 0.3) is 0 Å². The van der Waals surface area contributed by atoms with Crippen LogP contribution >= 0.6 is 0 Å². The number of rotatable bonds is 4. The second-order valence-electron chi connectivity index (χ2n) is 6.10. The zero-order chi connectivity index (χ0) is 11.0. The maximum absolute atomic E-state index is 6.07. The Hall–Kier alpha value is 0.137. The van der Waals surface area contributed by atoms with Crippen LogP contribution in [0, 0.1) is 0 Å². The van der Waals surface area contributed by atoms with E-state index in [-0.39, 0.29) is 5.60 Å². The van der Waals surface area contributed by atoms with Crippen LogP contribution in [0.2, 0.25) is 18.1 Å². The summed E-state index contributed by atoms with van der Waals surface area (Å²) < 4.78 is 11.4. The molecular weight excluding hydrogens is 192 g/mol. The zero-order valence-corrected chi connectivity index (χ0v) is 11.4. The molecule has 0 aromatic rings. The summed E-state index contributed by atoms with van der Waals surface area (Å²) >= 11 is 0. The first-order chi connectivity index (χ1) is 6.16. The van der Waals surface area contributed by atoms with Gasteiger partial charge >= 0.3 is 0 Å². The second kappa shape index (κ2) is 3.61. The molecule has 1 aliphatic heterocycles. The highest BCUT2D eigenvalue weighted by Gasteiger charge is 2.41. The van der Waals surface area contributed by atoms with Crippen LogP contribution in [0.25, 0.3) is 0 Å². The van der Waals surface area contributed by atoms with E-state index < -0.39 is 8.32 Å². The van der Waals surface area contributed by atoms with Gasteiger partial charge in [-0.2, -0.15) is 0 Å². The van der Waals surface area contributed by atoms with E-state index in [1.165, 1.54) is 0 Å². The molecule has 1 heterocycles. The van der Waals surface area contributed by atoms with Crippen molar-refractivity contribution in [2.24, 2.45) is 0 Å². The Kier molecular flexibility index (Phi) is 3.15. The van der Waals surface area contributed by atoms with E-state index in [1.807, 2.05) is 0 Å². The Labute approximate surface area is 89.1 Å². The Bertz CT molecular complexity index is 202. The lowest BCUT2D eigenvalue weighted by molar-refractivity contribution is 0.225. The van der Waals surface area contributed by atoms with Gasteiger partial charge in [-0.15, -0.1) is 0 Å². The van der Waals surface area contributed by atoms with Crippen molar-refractivity contribution in [1.82, 2.24) is 0 Å². The van der Waals surface area contributed by atoms with Crippen molar-refractivity contribution in [1.29, 1.82) is 0 Å². The molecule has 0 spiro atoms. The minimum absolute atomic E-state index is 0.141. The lowest BCUT2D eigenvalue weighted by Crippen LogP contribution is -2.41. The molecule has 1 aliphatic rings. The lowest BCUT2D eigenvalue weighted by Gasteiger charge is -2.36. The summed E-state index contributed by atoms with van der Waals surface area (Å²) in [7, 11) is -1.53. The second-order valence-corrected chi connectivity index (χ2v) is 10.9. The van der Waals surface area contributed by atoms with Gasteiger partial charge in [0, 0.05) is 13.0 Å². The molecule has 0 unspecified atom stereocenters. The van der Waals surface area contributed by atoms with Gasteiger partial charge in [0.15, 0.2) is 8.32 Å². The molecule has 0 aromatic heterocycles. The summed E-state index contributed by atoms with van der Waals surface area (Å²) in [6.45, 7) is 15.3. The molecule has 0 aromatic carbocycles. The maximum Gasteiger partial charge on any atom is 0.191 e. The molecule has 84 valence electrons. The van der Waals surface area contributed by atoms with Crippen LogP contribution in [-0.2, 0) is 9.16 Å². The molecule has 2 nitrogen and oxygen atoms in total. The molecule has 0 amide bonds. The first-order valence-corrected chi connectivity index (χ1v) is 8.35. The average Bonchev–Trinajstić information content (AvgIpc) is 2.65. The van der Waals surface area contributed by atoms with Crippen LogP contribution in [0.1, 0.15) is 34.1 Å². The van der Waals surface area contributed by atoms with Gasteiger partial charge in [0.2, 0.25) is 0 Å². The van der Waals surface area contributed by atoms with Gasteiger partial charge in [0.1, 0.15) is 0 Å². The summed E-state index contributed by atoms with van der Waals surface area (Å²) in [4.78, 5) is 0. The summed E-state index contributed by atoms with van der Waals surface area (Å²) in [5, 5.41) is 0.318. The standard InChI is InChI=1S/C11H24O2Si/c1-10(2,3)14(5,6)13-8-7-11(4)9-12-11/h7-9H2,1-6H3/t11-/m0/s1. The van der Waals surface area contributed by atoms with Gasteiger partial charge in [-0.3, -0.25) is 0 Å². The highest BCUT2D eigenvalue weighted by Crippen LogP contribution is 2.37. The van der Waals surface area contributed by atoms with E-state index in [4.69, 9.17) is 9.16 Å². The third-order valence-corrected chi connectivity index (χ3v) is 8.08. The van der Waals surface area contributed by atoms with Crippen LogP contribution in [0.4, 0.5) is 0 Å². The minimum Gasteiger partial charge on any atom is -0.417 e. The zero-order valence-electron chi connectivity index (χ0n) is 10.4. The number of ether oxygens (including phenoxy) is 1. The van der Waals surface area contributed by atoms with Gasteiger partial charge in [-0.05, 0) is 25.1 Å². The average molecular weight is 216 g/mol. The monoisotopic (exact) mass is 216 g/mol. The molecule has 1 saturated heterocycles. The smallest absolute Gasteiger partial charge is 0.191 e. The summed E-state index contributed by atoms with van der Waals surface area (Å²) in [5.74, 6) is 0. The van der Waals surface area contributed by atoms with Crippen LogP contribution < -0.4 is 0 Å². The first kappa shape index (κ1) is 12.2. The highest BCUT2D eigenvalue weighted by molar-refractivity contribution is 6.74. The fraction of sp³-hybridized carbons (Fsp3) is 1.00. The van der Waals surface area contributed by atoms with Gasteiger partial charge in [0.05, 0.1) is 12.2 Å². The van der Waals surface area contributed by atoms with E-state index >= 15 is 0 Å². The van der Waals surface area contributed by atoms with Crippen molar-refractivity contribution in [3.05, 3.63) is 0 Å². The highest BCUT2D eigenvalue weighted by atomic mass is 28.4. The number of hydrogen-bond donors (Lipinski definition) is 0. The molecule has 0 aliphatic carbocycles. The van der Waals surface area contributed by atoms with E-state index in [9.17, 15) is 0 Å². The van der Waals surface area contributed by atoms with Crippen molar-refractivity contribution in [2.75, 3.05) is 13.2 Å². The molecule has 0 saturated carbocycles. The van der Waals surface area contributed by atoms with Crippen LogP contribution in [0.15, 0.2) is 0 Å². The van der Waals surface area contributed by atoms with Crippen molar-refractivity contribution in [2.45, 2.75) is 57.8 Å². The van der Waals surface area contributed by atoms with Crippen LogP contribution in [0.3, 0.4) is 0 Å². The lowest BCUT2D eigenvalue weighted by atomic mass is 10.1. The topological polar surface area (TPSA) is 21.8 Å². The third kappa shape index (κ3) is 3.07. The summed E-state index contributed by atoms with van der Waals surface area (Å²) in [6.07, 6.45) is 1.04. The van der Waals surface area contributed by atoms with Crippen molar-refractivity contribution < 1.29 is 9.16 Å². The Morgan fingerprint density at radius 2 is 1.86 bits per heavy atom. The molecular formula is C11H24O2Si. The molecule has 1 atom stereocenters. The molecule has 0 bridgehead atoms. The Balaban J connectivity index is 2.29. The predicted octanol–water partition coefficient (Wildman–Crippen LogP) is 3.19. The van der Waals surface area contributed by atoms with Crippen molar-refractivity contribution in [3.8, 4) is 0 Å². The van der Waals surface area contributed by atoms with E-state index in [1.54, 1.807) is 0 Å². The van der Waals surface area contributed by atoms with Gasteiger partial charge in [-0.25, -0.2) is 0 Å². The van der Waals surface area contributed by atoms with Gasteiger partial charge < -0.3 is 9.16 Å². The third-order valence-electron chi connectivity index (χ3n) is 3.54. The van der Waals surface area contributed by atoms with Crippen LogP contribution in [-0.4, -0.2) is 27.1 Å². The molecule has 14 heavy (non-hydrogen) atoms. The number of hydrogen-bond acceptors (Lipinski definition) is 2. The van der Waals surface area contributed by atoms with E-state index in [0.717, 1.165) is 19.6 Å². The number of epoxide rings is 1. The van der Waals surface area contributed by atoms with E-state index in [0.29, 0.717) is 5.04 Å². The van der Waals surface area contributed by atoms with Crippen LogP contribution in [0.5, 0.6) is 0 Å². The maximum atomic E-state index is 6.07. The molecule has 1 rings (SSSR count). The normalized spacial score (nSPS) is 27.9. The predicted molar refractivity (Wildman–Crippen MR) is 62.1 cm³/mol. The van der Waals surface area contributed by atoms with E-state index in [2.05, 4.69) is 40.8 Å². The molecule has 0 radical (unpaired) electrons. The summed E-state index contributed by atoms with van der Waals surface area (Å²) in [6, 6.07) is 0. The Morgan fingerprint density at radius 3 is 2.21 bits per heavy atom. The largest absolute Gasteiger partial charge is 0.417 e.